The highest BCUT2D eigenvalue weighted by Crippen LogP contribution is 2.19. The second-order valence-electron chi connectivity index (χ2n) is 3.06. The van der Waals surface area contributed by atoms with Crippen LogP contribution >= 0.6 is 15.9 Å². The SMILES string of the molecule is Cc1cc(Br)ccc1N/N=C(\C#N)C(=N)N. The maximum Gasteiger partial charge on any atom is 0.201 e. The molecule has 5 nitrogen and oxygen atoms in total. The van der Waals surface area contributed by atoms with Gasteiger partial charge in [-0.2, -0.15) is 10.4 Å². The van der Waals surface area contributed by atoms with Crippen molar-refractivity contribution in [3.63, 3.8) is 0 Å². The molecular formula is C10H10BrN5. The Morgan fingerprint density at radius 3 is 2.81 bits per heavy atom. The molecule has 1 rings (SSSR count). The average molecular weight is 280 g/mol. The second kappa shape index (κ2) is 5.28. The quantitative estimate of drug-likeness (QED) is 0.448. The summed E-state index contributed by atoms with van der Waals surface area (Å²) < 4.78 is 0.964. The fourth-order valence-electron chi connectivity index (χ4n) is 1.01. The number of rotatable bonds is 3. The second-order valence-corrected chi connectivity index (χ2v) is 3.97. The molecule has 0 saturated heterocycles. The van der Waals surface area contributed by atoms with Crippen molar-refractivity contribution in [3.05, 3.63) is 28.2 Å². The van der Waals surface area contributed by atoms with E-state index >= 15 is 0 Å². The van der Waals surface area contributed by atoms with Gasteiger partial charge in [-0.3, -0.25) is 10.8 Å². The zero-order chi connectivity index (χ0) is 12.1. The van der Waals surface area contributed by atoms with E-state index in [4.69, 9.17) is 16.4 Å². The largest absolute Gasteiger partial charge is 0.382 e. The molecule has 0 atom stereocenters. The van der Waals surface area contributed by atoms with E-state index in [1.807, 2.05) is 25.1 Å². The number of aryl methyl sites for hydroxylation is 1. The van der Waals surface area contributed by atoms with Crippen LogP contribution in [-0.2, 0) is 0 Å². The highest BCUT2D eigenvalue weighted by atomic mass is 79.9. The van der Waals surface area contributed by atoms with Crippen molar-refractivity contribution in [2.75, 3.05) is 5.43 Å². The number of nitrogens with zero attached hydrogens (tertiary/aromatic N) is 2. The van der Waals surface area contributed by atoms with Crippen LogP contribution in [0.15, 0.2) is 27.8 Å². The molecule has 0 spiro atoms. The van der Waals surface area contributed by atoms with Crippen molar-refractivity contribution in [3.8, 4) is 6.07 Å². The van der Waals surface area contributed by atoms with Crippen molar-refractivity contribution in [2.24, 2.45) is 10.8 Å². The minimum absolute atomic E-state index is 0.137. The number of hydrogen-bond donors (Lipinski definition) is 3. The number of nitrogens with two attached hydrogens (primary N) is 1. The summed E-state index contributed by atoms with van der Waals surface area (Å²) in [5.74, 6) is -0.357. The highest BCUT2D eigenvalue weighted by Gasteiger charge is 2.02. The van der Waals surface area contributed by atoms with E-state index in [0.29, 0.717) is 0 Å². The molecule has 0 aliphatic heterocycles. The molecule has 4 N–H and O–H groups in total. The zero-order valence-corrected chi connectivity index (χ0v) is 10.2. The Labute approximate surface area is 102 Å². The third-order valence-corrected chi connectivity index (χ3v) is 2.33. The van der Waals surface area contributed by atoms with Crippen LogP contribution in [0.25, 0.3) is 0 Å². The lowest BCUT2D eigenvalue weighted by atomic mass is 10.2. The monoisotopic (exact) mass is 279 g/mol. The molecule has 0 radical (unpaired) electrons. The van der Waals surface area contributed by atoms with Crippen LogP contribution in [0, 0.1) is 23.7 Å². The van der Waals surface area contributed by atoms with Gasteiger partial charge in [0, 0.05) is 4.47 Å². The Bertz CT molecular complexity index is 486. The van der Waals surface area contributed by atoms with Crippen LogP contribution < -0.4 is 11.2 Å². The molecule has 6 heteroatoms. The van der Waals surface area contributed by atoms with E-state index < -0.39 is 0 Å². The van der Waals surface area contributed by atoms with Gasteiger partial charge >= 0.3 is 0 Å². The average Bonchev–Trinajstić information content (AvgIpc) is 2.21. The Hall–Kier alpha value is -1.87. The summed E-state index contributed by atoms with van der Waals surface area (Å²) in [4.78, 5) is 0. The van der Waals surface area contributed by atoms with Crippen molar-refractivity contribution >= 4 is 33.2 Å². The van der Waals surface area contributed by atoms with Gasteiger partial charge < -0.3 is 5.73 Å². The number of nitrogens with one attached hydrogen (secondary N) is 2. The molecule has 0 aromatic heterocycles. The van der Waals surface area contributed by atoms with E-state index in [1.165, 1.54) is 0 Å². The summed E-state index contributed by atoms with van der Waals surface area (Å²) in [5.41, 5.74) is 9.45. The van der Waals surface area contributed by atoms with Gasteiger partial charge in [0.25, 0.3) is 0 Å². The standard InChI is InChI=1S/C10H10BrN5/c1-6-4-7(11)2-3-8(6)15-16-9(5-12)10(13)14/h2-4,15H,1H3,(H3,13,14)/b16-9+. The van der Waals surface area contributed by atoms with Crippen LogP contribution in [-0.4, -0.2) is 11.5 Å². The predicted octanol–water partition coefficient (Wildman–Crippen LogP) is 1.98. The van der Waals surface area contributed by atoms with Crippen molar-refractivity contribution < 1.29 is 0 Å². The van der Waals surface area contributed by atoms with E-state index in [9.17, 15) is 0 Å². The Balaban J connectivity index is 2.90. The first kappa shape index (κ1) is 12.2. The lowest BCUT2D eigenvalue weighted by Crippen LogP contribution is -2.21. The molecule has 1 aromatic rings. The van der Waals surface area contributed by atoms with Gasteiger partial charge in [0.05, 0.1) is 5.69 Å². The first-order valence-corrected chi connectivity index (χ1v) is 5.18. The third-order valence-electron chi connectivity index (χ3n) is 1.84. The summed E-state index contributed by atoms with van der Waals surface area (Å²) in [6.45, 7) is 1.91. The molecule has 82 valence electrons. The fraction of sp³-hybridized carbons (Fsp3) is 0.100. The van der Waals surface area contributed by atoms with Crippen LogP contribution in [0.5, 0.6) is 0 Å². The van der Waals surface area contributed by atoms with Gasteiger partial charge in [-0.15, -0.1) is 0 Å². The summed E-state index contributed by atoms with van der Waals surface area (Å²) in [6.07, 6.45) is 0. The van der Waals surface area contributed by atoms with Gasteiger partial charge in [-0.25, -0.2) is 0 Å². The van der Waals surface area contributed by atoms with Crippen LogP contribution in [0.1, 0.15) is 5.56 Å². The number of hydrogen-bond acceptors (Lipinski definition) is 4. The number of halogens is 1. The fourth-order valence-corrected chi connectivity index (χ4v) is 1.49. The van der Waals surface area contributed by atoms with E-state index in [1.54, 1.807) is 6.07 Å². The molecular weight excluding hydrogens is 270 g/mol. The van der Waals surface area contributed by atoms with Gasteiger partial charge in [-0.1, -0.05) is 15.9 Å². The first-order valence-electron chi connectivity index (χ1n) is 4.39. The molecule has 0 aliphatic carbocycles. The molecule has 16 heavy (non-hydrogen) atoms. The summed E-state index contributed by atoms with van der Waals surface area (Å²) in [7, 11) is 0. The minimum atomic E-state index is -0.357. The summed E-state index contributed by atoms with van der Waals surface area (Å²) in [5, 5.41) is 19.5. The smallest absolute Gasteiger partial charge is 0.201 e. The Morgan fingerprint density at radius 2 is 2.31 bits per heavy atom. The minimum Gasteiger partial charge on any atom is -0.382 e. The Kier molecular flexibility index (Phi) is 4.03. The predicted molar refractivity (Wildman–Crippen MR) is 67.5 cm³/mol. The maximum atomic E-state index is 8.64. The molecule has 0 unspecified atom stereocenters. The van der Waals surface area contributed by atoms with Gasteiger partial charge in [0.1, 0.15) is 6.07 Å². The van der Waals surface area contributed by atoms with Gasteiger partial charge in [-0.05, 0) is 30.7 Å². The molecule has 0 fully saturated rings. The maximum absolute atomic E-state index is 8.64. The molecule has 0 saturated carbocycles. The van der Waals surface area contributed by atoms with Crippen LogP contribution in [0.4, 0.5) is 5.69 Å². The number of amidine groups is 1. The topological polar surface area (TPSA) is 98.0 Å². The molecule has 0 bridgehead atoms. The van der Waals surface area contributed by atoms with E-state index in [-0.39, 0.29) is 11.5 Å². The van der Waals surface area contributed by atoms with E-state index in [0.717, 1.165) is 15.7 Å². The molecule has 0 heterocycles. The van der Waals surface area contributed by atoms with Crippen LogP contribution in [0.2, 0.25) is 0 Å². The number of nitriles is 1. The lowest BCUT2D eigenvalue weighted by molar-refractivity contribution is 1.30. The number of hydrazone groups is 1. The number of anilines is 1. The third kappa shape index (κ3) is 3.07. The molecule has 0 amide bonds. The molecule has 1 aromatic carbocycles. The highest BCUT2D eigenvalue weighted by molar-refractivity contribution is 9.10. The summed E-state index contributed by atoms with van der Waals surface area (Å²) in [6, 6.07) is 7.32. The molecule has 0 aliphatic rings. The zero-order valence-electron chi connectivity index (χ0n) is 8.58. The van der Waals surface area contributed by atoms with Crippen LogP contribution in [0.3, 0.4) is 0 Å². The lowest BCUT2D eigenvalue weighted by Gasteiger charge is -2.05. The van der Waals surface area contributed by atoms with E-state index in [2.05, 4.69) is 26.5 Å². The number of benzene rings is 1. The van der Waals surface area contributed by atoms with Gasteiger partial charge in [0.15, 0.2) is 5.84 Å². The van der Waals surface area contributed by atoms with Crippen molar-refractivity contribution in [1.82, 2.24) is 0 Å². The van der Waals surface area contributed by atoms with Gasteiger partial charge in [0.2, 0.25) is 5.71 Å². The first-order chi connectivity index (χ1) is 7.54. The summed E-state index contributed by atoms with van der Waals surface area (Å²) >= 11 is 3.34. The van der Waals surface area contributed by atoms with Crippen molar-refractivity contribution in [1.29, 1.82) is 10.7 Å². The Morgan fingerprint density at radius 1 is 1.62 bits per heavy atom. The van der Waals surface area contributed by atoms with Crippen molar-refractivity contribution in [2.45, 2.75) is 6.92 Å². The normalized spacial score (nSPS) is 10.7.